The highest BCUT2D eigenvalue weighted by atomic mass is 79.9. The van der Waals surface area contributed by atoms with E-state index in [9.17, 15) is 4.39 Å². The van der Waals surface area contributed by atoms with Gasteiger partial charge in [0.2, 0.25) is 0 Å². The fourth-order valence-corrected chi connectivity index (χ4v) is 1.48. The molecule has 0 amide bonds. The summed E-state index contributed by atoms with van der Waals surface area (Å²) in [5, 5.41) is 0. The van der Waals surface area contributed by atoms with Gasteiger partial charge in [0, 0.05) is 11.0 Å². The van der Waals surface area contributed by atoms with Crippen LogP contribution in [0.5, 0.6) is 0 Å². The van der Waals surface area contributed by atoms with E-state index in [0.717, 1.165) is 10.0 Å². The molecular weight excluding hydrogens is 237 g/mol. The van der Waals surface area contributed by atoms with E-state index in [-0.39, 0.29) is 5.82 Å². The van der Waals surface area contributed by atoms with E-state index < -0.39 is 0 Å². The van der Waals surface area contributed by atoms with E-state index in [1.807, 2.05) is 6.07 Å². The average Bonchev–Trinajstić information content (AvgIpc) is 2.03. The molecule has 0 aromatic heterocycles. The monoisotopic (exact) mass is 247 g/mol. The van der Waals surface area contributed by atoms with Crippen LogP contribution in [-0.4, -0.2) is 13.2 Å². The molecule has 0 atom stereocenters. The first-order valence-corrected chi connectivity index (χ1v) is 4.74. The van der Waals surface area contributed by atoms with Crippen molar-refractivity contribution in [3.8, 4) is 0 Å². The zero-order valence-electron chi connectivity index (χ0n) is 7.09. The Kier molecular flexibility index (Phi) is 4.35. The Labute approximate surface area is 85.0 Å². The third-order valence-electron chi connectivity index (χ3n) is 1.45. The summed E-state index contributed by atoms with van der Waals surface area (Å²) in [5.41, 5.74) is 6.05. The lowest BCUT2D eigenvalue weighted by Gasteiger charge is -2.03. The molecule has 0 saturated carbocycles. The highest BCUT2D eigenvalue weighted by Crippen LogP contribution is 2.15. The van der Waals surface area contributed by atoms with Crippen LogP contribution in [0.1, 0.15) is 5.56 Å². The van der Waals surface area contributed by atoms with Crippen LogP contribution in [0.3, 0.4) is 0 Å². The van der Waals surface area contributed by atoms with E-state index in [0.29, 0.717) is 19.8 Å². The molecule has 0 radical (unpaired) electrons. The van der Waals surface area contributed by atoms with Gasteiger partial charge in [-0.05, 0) is 23.8 Å². The Bertz CT molecular complexity index is 260. The van der Waals surface area contributed by atoms with Crippen molar-refractivity contribution >= 4 is 15.9 Å². The molecule has 1 rings (SSSR count). The minimum atomic E-state index is -0.263. The highest BCUT2D eigenvalue weighted by molar-refractivity contribution is 9.10. The number of benzene rings is 1. The molecule has 0 bridgehead atoms. The predicted molar refractivity (Wildman–Crippen MR) is 52.8 cm³/mol. The van der Waals surface area contributed by atoms with Gasteiger partial charge in [-0.3, -0.25) is 0 Å². The van der Waals surface area contributed by atoms with E-state index in [1.165, 1.54) is 12.1 Å². The van der Waals surface area contributed by atoms with Gasteiger partial charge in [0.15, 0.2) is 0 Å². The molecular formula is C9H11BrFNO. The largest absolute Gasteiger partial charge is 0.375 e. The summed E-state index contributed by atoms with van der Waals surface area (Å²) in [7, 11) is 0. The second-order valence-corrected chi connectivity index (χ2v) is 3.53. The van der Waals surface area contributed by atoms with Crippen molar-refractivity contribution < 1.29 is 9.13 Å². The van der Waals surface area contributed by atoms with Crippen LogP contribution in [0.15, 0.2) is 22.7 Å². The van der Waals surface area contributed by atoms with Crippen LogP contribution >= 0.6 is 15.9 Å². The SMILES string of the molecule is NCCOCc1cc(F)cc(Br)c1. The van der Waals surface area contributed by atoms with Gasteiger partial charge in [-0.15, -0.1) is 0 Å². The standard InChI is InChI=1S/C9H11BrFNO/c10-8-3-7(4-9(11)5-8)6-13-2-1-12/h3-5H,1-2,6,12H2. The fraction of sp³-hybridized carbons (Fsp3) is 0.333. The summed E-state index contributed by atoms with van der Waals surface area (Å²) in [5.74, 6) is -0.263. The van der Waals surface area contributed by atoms with E-state index in [4.69, 9.17) is 10.5 Å². The Morgan fingerprint density at radius 1 is 1.38 bits per heavy atom. The summed E-state index contributed by atoms with van der Waals surface area (Å²) < 4.78 is 18.7. The summed E-state index contributed by atoms with van der Waals surface area (Å²) in [6.07, 6.45) is 0. The van der Waals surface area contributed by atoms with Crippen LogP contribution < -0.4 is 5.73 Å². The summed E-state index contributed by atoms with van der Waals surface area (Å²) in [6, 6.07) is 4.67. The first-order valence-electron chi connectivity index (χ1n) is 3.95. The Morgan fingerprint density at radius 3 is 2.77 bits per heavy atom. The van der Waals surface area contributed by atoms with Crippen molar-refractivity contribution in [2.75, 3.05) is 13.2 Å². The quantitative estimate of drug-likeness (QED) is 0.828. The lowest BCUT2D eigenvalue weighted by molar-refractivity contribution is 0.128. The normalized spacial score (nSPS) is 10.4. The van der Waals surface area contributed by atoms with Gasteiger partial charge in [-0.2, -0.15) is 0 Å². The molecule has 4 heteroatoms. The number of ether oxygens (including phenoxy) is 1. The minimum absolute atomic E-state index is 0.263. The molecule has 2 N–H and O–H groups in total. The smallest absolute Gasteiger partial charge is 0.124 e. The second kappa shape index (κ2) is 5.32. The van der Waals surface area contributed by atoms with Gasteiger partial charge in [0.1, 0.15) is 5.82 Å². The van der Waals surface area contributed by atoms with Crippen molar-refractivity contribution in [1.82, 2.24) is 0 Å². The van der Waals surface area contributed by atoms with Gasteiger partial charge in [0.25, 0.3) is 0 Å². The van der Waals surface area contributed by atoms with Crippen molar-refractivity contribution in [2.24, 2.45) is 5.73 Å². The molecule has 0 aliphatic carbocycles. The molecule has 0 spiro atoms. The zero-order chi connectivity index (χ0) is 9.68. The van der Waals surface area contributed by atoms with Gasteiger partial charge < -0.3 is 10.5 Å². The Hall–Kier alpha value is -0.450. The van der Waals surface area contributed by atoms with E-state index in [2.05, 4.69) is 15.9 Å². The summed E-state index contributed by atoms with van der Waals surface area (Å²) in [4.78, 5) is 0. The third kappa shape index (κ3) is 3.85. The number of rotatable bonds is 4. The molecule has 13 heavy (non-hydrogen) atoms. The lowest BCUT2D eigenvalue weighted by atomic mass is 10.2. The molecule has 2 nitrogen and oxygen atoms in total. The maximum absolute atomic E-state index is 12.8. The fourth-order valence-electron chi connectivity index (χ4n) is 0.968. The minimum Gasteiger partial charge on any atom is -0.375 e. The van der Waals surface area contributed by atoms with E-state index >= 15 is 0 Å². The predicted octanol–water partition coefficient (Wildman–Crippen LogP) is 2.06. The highest BCUT2D eigenvalue weighted by Gasteiger charge is 1.98. The molecule has 0 heterocycles. The van der Waals surface area contributed by atoms with Gasteiger partial charge in [-0.1, -0.05) is 15.9 Å². The van der Waals surface area contributed by atoms with Gasteiger partial charge in [-0.25, -0.2) is 4.39 Å². The van der Waals surface area contributed by atoms with Crippen molar-refractivity contribution in [2.45, 2.75) is 6.61 Å². The molecule has 1 aromatic rings. The van der Waals surface area contributed by atoms with Crippen molar-refractivity contribution in [1.29, 1.82) is 0 Å². The molecule has 0 saturated heterocycles. The van der Waals surface area contributed by atoms with Crippen LogP contribution in [0, 0.1) is 5.82 Å². The Morgan fingerprint density at radius 2 is 2.15 bits per heavy atom. The number of nitrogens with two attached hydrogens (primary N) is 1. The molecule has 1 aromatic carbocycles. The zero-order valence-corrected chi connectivity index (χ0v) is 8.68. The number of hydrogen-bond acceptors (Lipinski definition) is 2. The van der Waals surface area contributed by atoms with Crippen molar-refractivity contribution in [3.05, 3.63) is 34.1 Å². The first kappa shape index (κ1) is 10.6. The van der Waals surface area contributed by atoms with Crippen LogP contribution in [-0.2, 0) is 11.3 Å². The van der Waals surface area contributed by atoms with Crippen molar-refractivity contribution in [3.63, 3.8) is 0 Å². The first-order chi connectivity index (χ1) is 6.22. The second-order valence-electron chi connectivity index (χ2n) is 2.62. The summed E-state index contributed by atoms with van der Waals surface area (Å²) >= 11 is 3.20. The maximum Gasteiger partial charge on any atom is 0.124 e. The lowest BCUT2D eigenvalue weighted by Crippen LogP contribution is -2.08. The molecule has 0 unspecified atom stereocenters. The third-order valence-corrected chi connectivity index (χ3v) is 1.91. The Balaban J connectivity index is 2.56. The van der Waals surface area contributed by atoms with Gasteiger partial charge >= 0.3 is 0 Å². The number of halogens is 2. The topological polar surface area (TPSA) is 35.2 Å². The molecule has 72 valence electrons. The average molecular weight is 248 g/mol. The molecule has 0 aliphatic rings. The van der Waals surface area contributed by atoms with Crippen LogP contribution in [0.25, 0.3) is 0 Å². The maximum atomic E-state index is 12.8. The van der Waals surface area contributed by atoms with Gasteiger partial charge in [0.05, 0.1) is 13.2 Å². The molecule has 0 aliphatic heterocycles. The van der Waals surface area contributed by atoms with Crippen LogP contribution in [0.2, 0.25) is 0 Å². The van der Waals surface area contributed by atoms with E-state index in [1.54, 1.807) is 0 Å². The van der Waals surface area contributed by atoms with Crippen LogP contribution in [0.4, 0.5) is 4.39 Å². The number of hydrogen-bond donors (Lipinski definition) is 1. The molecule has 0 fully saturated rings. The summed E-state index contributed by atoms with van der Waals surface area (Å²) in [6.45, 7) is 1.37.